The van der Waals surface area contributed by atoms with Crippen molar-refractivity contribution in [3.8, 4) is 23.0 Å². The first-order valence-corrected chi connectivity index (χ1v) is 10.5. The summed E-state index contributed by atoms with van der Waals surface area (Å²) in [5.41, 5.74) is 2.60. The van der Waals surface area contributed by atoms with Gasteiger partial charge >= 0.3 is 0 Å². The van der Waals surface area contributed by atoms with E-state index < -0.39 is 0 Å². The number of hydrogen-bond donors (Lipinski definition) is 2. The van der Waals surface area contributed by atoms with Crippen LogP contribution < -0.4 is 14.8 Å². The van der Waals surface area contributed by atoms with Gasteiger partial charge < -0.3 is 19.1 Å². The number of aryl methyl sites for hydroxylation is 1. The second-order valence-corrected chi connectivity index (χ2v) is 7.82. The highest BCUT2D eigenvalue weighted by molar-refractivity contribution is 6.12. The molecule has 0 radical (unpaired) electrons. The molecule has 0 unspecified atom stereocenters. The molecule has 170 valence electrons. The molecule has 3 aromatic carbocycles. The number of benzene rings is 3. The van der Waals surface area contributed by atoms with E-state index >= 15 is 0 Å². The average Bonchev–Trinajstić information content (AvgIpc) is 3.15. The maximum absolute atomic E-state index is 12.9. The van der Waals surface area contributed by atoms with Crippen LogP contribution in [0.5, 0.6) is 23.0 Å². The molecule has 34 heavy (non-hydrogen) atoms. The minimum Gasteiger partial charge on any atom is -0.504 e. The van der Waals surface area contributed by atoms with E-state index in [1.54, 1.807) is 30.5 Å². The largest absolute Gasteiger partial charge is 0.504 e. The van der Waals surface area contributed by atoms with Crippen molar-refractivity contribution in [2.75, 3.05) is 12.4 Å². The number of carbonyl (C=O) groups excluding carboxylic acids is 1. The number of aromatic nitrogens is 2. The lowest BCUT2D eigenvalue weighted by Crippen LogP contribution is -2.12. The summed E-state index contributed by atoms with van der Waals surface area (Å²) in [5, 5.41) is 19.0. The first kappa shape index (κ1) is 21.3. The van der Waals surface area contributed by atoms with Gasteiger partial charge in [0.05, 0.1) is 18.3 Å². The van der Waals surface area contributed by atoms with Crippen LogP contribution in [0.2, 0.25) is 0 Å². The Labute approximate surface area is 194 Å². The van der Waals surface area contributed by atoms with Gasteiger partial charge in [-0.15, -0.1) is 0 Å². The number of pyridine rings is 1. The summed E-state index contributed by atoms with van der Waals surface area (Å²) in [6.07, 6.45) is 1.61. The van der Waals surface area contributed by atoms with E-state index in [2.05, 4.69) is 15.5 Å². The van der Waals surface area contributed by atoms with Crippen LogP contribution in [0.1, 0.15) is 21.6 Å². The van der Waals surface area contributed by atoms with Crippen LogP contribution in [0.25, 0.3) is 21.7 Å². The quantitative estimate of drug-likeness (QED) is 0.347. The number of nitrogens with one attached hydrogen (secondary N) is 1. The molecule has 0 atom stereocenters. The van der Waals surface area contributed by atoms with E-state index in [0.717, 1.165) is 22.0 Å². The molecule has 5 aromatic rings. The Morgan fingerprint density at radius 1 is 1.03 bits per heavy atom. The number of rotatable bonds is 5. The summed E-state index contributed by atoms with van der Waals surface area (Å²) in [7, 11) is 1.49. The van der Waals surface area contributed by atoms with E-state index in [1.807, 2.05) is 38.1 Å². The molecule has 8 heteroatoms. The average molecular weight is 455 g/mol. The van der Waals surface area contributed by atoms with Gasteiger partial charge in [-0.05, 0) is 61.0 Å². The lowest BCUT2D eigenvalue weighted by Gasteiger charge is -2.12. The third-order valence-corrected chi connectivity index (χ3v) is 5.71. The Bertz CT molecular complexity index is 1560. The molecule has 0 fully saturated rings. The van der Waals surface area contributed by atoms with Gasteiger partial charge in [-0.2, -0.15) is 0 Å². The van der Waals surface area contributed by atoms with Crippen molar-refractivity contribution in [2.45, 2.75) is 13.8 Å². The molecule has 0 bridgehead atoms. The molecule has 8 nitrogen and oxygen atoms in total. The maximum atomic E-state index is 12.9. The van der Waals surface area contributed by atoms with Crippen LogP contribution >= 0.6 is 0 Å². The second kappa shape index (κ2) is 8.40. The Morgan fingerprint density at radius 3 is 2.65 bits per heavy atom. The van der Waals surface area contributed by atoms with Gasteiger partial charge in [0, 0.05) is 28.8 Å². The molecular formula is C26H21N3O5. The molecule has 1 amide bonds. The number of amides is 1. The van der Waals surface area contributed by atoms with E-state index in [1.165, 1.54) is 13.2 Å². The van der Waals surface area contributed by atoms with Gasteiger partial charge in [0.25, 0.3) is 5.91 Å². The standard InChI is InChI=1S/C26H21N3O5/c1-14-15(2)29-34-26(14)28-25(31)19-6-4-5-16-11-17(7-8-18(16)19)33-23-9-10-27-21-13-22(30)24(32-3)12-20(21)23/h4-13,30H,1-3H3,(H,28,31). The lowest BCUT2D eigenvalue weighted by atomic mass is 10.0. The van der Waals surface area contributed by atoms with Crippen molar-refractivity contribution in [1.82, 2.24) is 10.1 Å². The van der Waals surface area contributed by atoms with Crippen LogP contribution in [0, 0.1) is 13.8 Å². The number of aromatic hydroxyl groups is 1. The van der Waals surface area contributed by atoms with Crippen LogP contribution in [0.15, 0.2) is 65.3 Å². The van der Waals surface area contributed by atoms with Crippen molar-refractivity contribution >= 4 is 33.5 Å². The van der Waals surface area contributed by atoms with Crippen LogP contribution in [0.3, 0.4) is 0 Å². The summed E-state index contributed by atoms with van der Waals surface area (Å²) >= 11 is 0. The van der Waals surface area contributed by atoms with Gasteiger partial charge in [-0.3, -0.25) is 15.1 Å². The summed E-state index contributed by atoms with van der Waals surface area (Å²) in [5.74, 6) is 1.54. The molecule has 0 aliphatic heterocycles. The van der Waals surface area contributed by atoms with Crippen molar-refractivity contribution < 1.29 is 23.9 Å². The summed E-state index contributed by atoms with van der Waals surface area (Å²) in [4.78, 5) is 17.2. The van der Waals surface area contributed by atoms with Crippen LogP contribution in [0.4, 0.5) is 5.88 Å². The fraction of sp³-hybridized carbons (Fsp3) is 0.115. The number of phenolic OH excluding ortho intramolecular Hbond substituents is 1. The Balaban J connectivity index is 1.48. The first-order chi connectivity index (χ1) is 16.4. The number of fused-ring (bicyclic) bond motifs is 2. The zero-order valence-corrected chi connectivity index (χ0v) is 18.7. The first-order valence-electron chi connectivity index (χ1n) is 10.5. The van der Waals surface area contributed by atoms with Gasteiger partial charge in [0.1, 0.15) is 11.5 Å². The van der Waals surface area contributed by atoms with Gasteiger partial charge in [-0.25, -0.2) is 0 Å². The molecule has 5 rings (SSSR count). The third kappa shape index (κ3) is 3.75. The highest BCUT2D eigenvalue weighted by Crippen LogP contribution is 2.37. The van der Waals surface area contributed by atoms with Crippen LogP contribution in [-0.4, -0.2) is 28.3 Å². The lowest BCUT2D eigenvalue weighted by molar-refractivity contribution is 0.102. The smallest absolute Gasteiger partial charge is 0.258 e. The second-order valence-electron chi connectivity index (χ2n) is 7.82. The fourth-order valence-electron chi connectivity index (χ4n) is 3.74. The van der Waals surface area contributed by atoms with Gasteiger partial charge in [0.2, 0.25) is 5.88 Å². The number of anilines is 1. The highest BCUT2D eigenvalue weighted by Gasteiger charge is 2.16. The maximum Gasteiger partial charge on any atom is 0.258 e. The molecule has 0 saturated heterocycles. The summed E-state index contributed by atoms with van der Waals surface area (Å²) < 4.78 is 16.6. The van der Waals surface area contributed by atoms with Crippen LogP contribution in [-0.2, 0) is 0 Å². The Hall–Kier alpha value is -4.59. The van der Waals surface area contributed by atoms with E-state index in [9.17, 15) is 9.90 Å². The van der Waals surface area contributed by atoms with Crippen molar-refractivity contribution in [3.05, 3.63) is 77.6 Å². The molecule has 0 aliphatic carbocycles. The number of phenols is 1. The Morgan fingerprint density at radius 2 is 1.88 bits per heavy atom. The topological polar surface area (TPSA) is 107 Å². The predicted molar refractivity (Wildman–Crippen MR) is 128 cm³/mol. The third-order valence-electron chi connectivity index (χ3n) is 5.71. The number of carbonyl (C=O) groups is 1. The molecule has 0 saturated carbocycles. The van der Waals surface area contributed by atoms with Crippen molar-refractivity contribution in [3.63, 3.8) is 0 Å². The number of ether oxygens (including phenoxy) is 2. The van der Waals surface area contributed by atoms with E-state index in [0.29, 0.717) is 39.6 Å². The minimum absolute atomic E-state index is 0.00634. The zero-order chi connectivity index (χ0) is 23.8. The fourth-order valence-corrected chi connectivity index (χ4v) is 3.74. The number of nitrogens with zero attached hydrogens (tertiary/aromatic N) is 2. The number of hydrogen-bond acceptors (Lipinski definition) is 7. The van der Waals surface area contributed by atoms with E-state index in [4.69, 9.17) is 14.0 Å². The van der Waals surface area contributed by atoms with Gasteiger partial charge in [0.15, 0.2) is 11.5 Å². The minimum atomic E-state index is -0.287. The molecule has 0 spiro atoms. The molecular weight excluding hydrogens is 434 g/mol. The highest BCUT2D eigenvalue weighted by atomic mass is 16.5. The normalized spacial score (nSPS) is 11.0. The molecule has 2 aromatic heterocycles. The SMILES string of the molecule is COc1cc2c(Oc3ccc4c(C(=O)Nc5onc(C)c5C)cccc4c3)ccnc2cc1O. The molecule has 0 aliphatic rings. The molecule has 2 heterocycles. The number of methoxy groups -OCH3 is 1. The van der Waals surface area contributed by atoms with Crippen molar-refractivity contribution in [1.29, 1.82) is 0 Å². The van der Waals surface area contributed by atoms with E-state index in [-0.39, 0.29) is 11.7 Å². The monoisotopic (exact) mass is 455 g/mol. The Kier molecular flexibility index (Phi) is 5.25. The molecule has 2 N–H and O–H groups in total. The summed E-state index contributed by atoms with van der Waals surface area (Å²) in [6, 6.07) is 15.9. The predicted octanol–water partition coefficient (Wildman–Crippen LogP) is 5.75. The zero-order valence-electron chi connectivity index (χ0n) is 18.7. The van der Waals surface area contributed by atoms with Crippen molar-refractivity contribution in [2.24, 2.45) is 0 Å². The van der Waals surface area contributed by atoms with Gasteiger partial charge in [-0.1, -0.05) is 17.3 Å². The summed E-state index contributed by atoms with van der Waals surface area (Å²) in [6.45, 7) is 3.66.